The Morgan fingerprint density at radius 1 is 1.18 bits per heavy atom. The third-order valence-electron chi connectivity index (χ3n) is 4.63. The lowest BCUT2D eigenvalue weighted by molar-refractivity contribution is -0.123. The van der Waals surface area contributed by atoms with Crippen LogP contribution in [0.4, 0.5) is 10.8 Å². The van der Waals surface area contributed by atoms with Gasteiger partial charge in [0.25, 0.3) is 5.91 Å². The Kier molecular flexibility index (Phi) is 5.95. The summed E-state index contributed by atoms with van der Waals surface area (Å²) in [5, 5.41) is 4.24. The highest BCUT2D eigenvalue weighted by Crippen LogP contribution is 2.30. The molecule has 0 spiro atoms. The summed E-state index contributed by atoms with van der Waals surface area (Å²) >= 11 is 7.24. The van der Waals surface area contributed by atoms with Crippen molar-refractivity contribution in [2.45, 2.75) is 27.7 Å². The van der Waals surface area contributed by atoms with Gasteiger partial charge in [0.2, 0.25) is 5.91 Å². The molecule has 2 aromatic rings. The van der Waals surface area contributed by atoms with Gasteiger partial charge in [0.1, 0.15) is 5.82 Å². The molecule has 0 unspecified atom stereocenters. The van der Waals surface area contributed by atoms with Crippen molar-refractivity contribution in [1.29, 1.82) is 0 Å². The van der Waals surface area contributed by atoms with Gasteiger partial charge < -0.3 is 15.1 Å². The number of piperazine rings is 1. The lowest BCUT2D eigenvalue weighted by atomic mass is 9.96. The highest BCUT2D eigenvalue weighted by Gasteiger charge is 2.27. The molecule has 0 bridgehead atoms. The molecule has 3 rings (SSSR count). The molecule has 1 N–H and O–H groups in total. The molecule has 3 heterocycles. The fourth-order valence-corrected chi connectivity index (χ4v) is 4.04. The summed E-state index contributed by atoms with van der Waals surface area (Å²) in [5.41, 5.74) is 0.412. The van der Waals surface area contributed by atoms with Gasteiger partial charge in [0.05, 0.1) is 14.9 Å². The Hall–Kier alpha value is -2.12. The van der Waals surface area contributed by atoms with E-state index in [1.807, 2.05) is 50.8 Å². The zero-order chi connectivity index (χ0) is 20.5. The number of carbonyl (C=O) groups is 2. The van der Waals surface area contributed by atoms with Crippen LogP contribution in [0.3, 0.4) is 0 Å². The SMILES string of the molecule is Cc1cc(NC(=O)C(C)(C)C)sc1C(=O)N1CCN(c2ccc(Cl)cn2)CC1. The smallest absolute Gasteiger partial charge is 0.264 e. The highest BCUT2D eigenvalue weighted by molar-refractivity contribution is 7.18. The molecule has 28 heavy (non-hydrogen) atoms. The molecule has 6 nitrogen and oxygen atoms in total. The van der Waals surface area contributed by atoms with E-state index in [0.717, 1.165) is 24.5 Å². The van der Waals surface area contributed by atoms with Crippen molar-refractivity contribution >= 4 is 45.6 Å². The van der Waals surface area contributed by atoms with Gasteiger partial charge in [-0.3, -0.25) is 9.59 Å². The number of hydrogen-bond donors (Lipinski definition) is 1. The van der Waals surface area contributed by atoms with Crippen molar-refractivity contribution in [3.63, 3.8) is 0 Å². The van der Waals surface area contributed by atoms with E-state index >= 15 is 0 Å². The van der Waals surface area contributed by atoms with E-state index < -0.39 is 5.41 Å². The number of aryl methyl sites for hydroxylation is 1. The minimum Gasteiger partial charge on any atom is -0.353 e. The maximum absolute atomic E-state index is 13.0. The number of anilines is 2. The molecule has 1 aliphatic rings. The average molecular weight is 421 g/mol. The van der Waals surface area contributed by atoms with Crippen LogP contribution in [0.5, 0.6) is 0 Å². The van der Waals surface area contributed by atoms with Gasteiger partial charge in [-0.25, -0.2) is 4.98 Å². The maximum atomic E-state index is 13.0. The van der Waals surface area contributed by atoms with Crippen LogP contribution in [0.2, 0.25) is 5.02 Å². The lowest BCUT2D eigenvalue weighted by Crippen LogP contribution is -2.49. The summed E-state index contributed by atoms with van der Waals surface area (Å²) in [6.07, 6.45) is 1.64. The Morgan fingerprint density at radius 2 is 1.86 bits per heavy atom. The second kappa shape index (κ2) is 8.09. The second-order valence-corrected chi connectivity index (χ2v) is 9.43. The van der Waals surface area contributed by atoms with Crippen LogP contribution in [0, 0.1) is 12.3 Å². The van der Waals surface area contributed by atoms with E-state index in [0.29, 0.717) is 28.0 Å². The predicted octanol–water partition coefficient (Wildman–Crippen LogP) is 4.05. The number of aromatic nitrogens is 1. The number of amides is 2. The molecule has 0 aliphatic carbocycles. The number of thiophene rings is 1. The van der Waals surface area contributed by atoms with Gasteiger partial charge in [-0.05, 0) is 30.7 Å². The second-order valence-electron chi connectivity index (χ2n) is 7.94. The summed E-state index contributed by atoms with van der Waals surface area (Å²) in [6.45, 7) is 10.2. The first kappa shape index (κ1) is 20.6. The molecule has 0 atom stereocenters. The van der Waals surface area contributed by atoms with E-state index in [9.17, 15) is 9.59 Å². The molecule has 1 aliphatic heterocycles. The number of halogens is 1. The lowest BCUT2D eigenvalue weighted by Gasteiger charge is -2.35. The zero-order valence-electron chi connectivity index (χ0n) is 16.6. The fourth-order valence-electron chi connectivity index (χ4n) is 2.89. The molecule has 0 aromatic carbocycles. The Balaban J connectivity index is 1.63. The van der Waals surface area contributed by atoms with Gasteiger partial charge in [0, 0.05) is 37.8 Å². The van der Waals surface area contributed by atoms with Crippen LogP contribution in [0.15, 0.2) is 24.4 Å². The highest BCUT2D eigenvalue weighted by atomic mass is 35.5. The standard InChI is InChI=1S/C20H25ClN4O2S/c1-13-11-16(23-19(27)20(2,3)4)28-17(13)18(26)25-9-7-24(8-10-25)15-6-5-14(21)12-22-15/h5-6,11-12H,7-10H2,1-4H3,(H,23,27). The number of pyridine rings is 1. The quantitative estimate of drug-likeness (QED) is 0.813. The summed E-state index contributed by atoms with van der Waals surface area (Å²) in [5.74, 6) is 0.829. The minimum atomic E-state index is -0.478. The summed E-state index contributed by atoms with van der Waals surface area (Å²) in [7, 11) is 0. The maximum Gasteiger partial charge on any atom is 0.264 e. The molecule has 2 amide bonds. The van der Waals surface area contributed by atoms with Gasteiger partial charge in [-0.15, -0.1) is 11.3 Å². The molecular weight excluding hydrogens is 396 g/mol. The van der Waals surface area contributed by atoms with Crippen LogP contribution in [0.1, 0.15) is 36.0 Å². The molecule has 2 aromatic heterocycles. The van der Waals surface area contributed by atoms with Crippen LogP contribution >= 0.6 is 22.9 Å². The van der Waals surface area contributed by atoms with Gasteiger partial charge in [-0.2, -0.15) is 0 Å². The first-order valence-electron chi connectivity index (χ1n) is 9.23. The van der Waals surface area contributed by atoms with E-state index in [1.54, 1.807) is 6.20 Å². The van der Waals surface area contributed by atoms with Crippen molar-refractivity contribution in [3.8, 4) is 0 Å². The first-order valence-corrected chi connectivity index (χ1v) is 10.4. The number of nitrogens with zero attached hydrogens (tertiary/aromatic N) is 3. The predicted molar refractivity (Wildman–Crippen MR) is 115 cm³/mol. The van der Waals surface area contributed by atoms with E-state index in [4.69, 9.17) is 11.6 Å². The largest absolute Gasteiger partial charge is 0.353 e. The van der Waals surface area contributed by atoms with Crippen LogP contribution in [0.25, 0.3) is 0 Å². The number of hydrogen-bond acceptors (Lipinski definition) is 5. The topological polar surface area (TPSA) is 65.5 Å². The van der Waals surface area contributed by atoms with Crippen LogP contribution in [-0.4, -0.2) is 47.9 Å². The van der Waals surface area contributed by atoms with E-state index in [1.165, 1.54) is 11.3 Å². The Labute approximate surface area is 174 Å². The van der Waals surface area contributed by atoms with Crippen molar-refractivity contribution in [2.75, 3.05) is 36.4 Å². The number of rotatable bonds is 3. The number of nitrogens with one attached hydrogen (secondary N) is 1. The summed E-state index contributed by atoms with van der Waals surface area (Å²) < 4.78 is 0. The third kappa shape index (κ3) is 4.64. The van der Waals surface area contributed by atoms with Gasteiger partial charge >= 0.3 is 0 Å². The van der Waals surface area contributed by atoms with Gasteiger partial charge in [-0.1, -0.05) is 32.4 Å². The van der Waals surface area contributed by atoms with Crippen LogP contribution < -0.4 is 10.2 Å². The Morgan fingerprint density at radius 3 is 2.43 bits per heavy atom. The molecule has 1 fully saturated rings. The van der Waals surface area contributed by atoms with Gasteiger partial charge in [0.15, 0.2) is 0 Å². The minimum absolute atomic E-state index is 0.0162. The summed E-state index contributed by atoms with van der Waals surface area (Å²) in [6, 6.07) is 5.59. The van der Waals surface area contributed by atoms with E-state index in [-0.39, 0.29) is 11.8 Å². The molecule has 0 radical (unpaired) electrons. The molecule has 8 heteroatoms. The zero-order valence-corrected chi connectivity index (χ0v) is 18.2. The normalized spacial score (nSPS) is 14.9. The van der Waals surface area contributed by atoms with Crippen molar-refractivity contribution in [2.24, 2.45) is 5.41 Å². The molecular formula is C20H25ClN4O2S. The summed E-state index contributed by atoms with van der Waals surface area (Å²) in [4.78, 5) is 34.2. The van der Waals surface area contributed by atoms with Crippen LogP contribution in [-0.2, 0) is 4.79 Å². The van der Waals surface area contributed by atoms with Crippen molar-refractivity contribution < 1.29 is 9.59 Å². The Bertz CT molecular complexity index is 865. The molecule has 0 saturated carbocycles. The third-order valence-corrected chi connectivity index (χ3v) is 6.00. The monoisotopic (exact) mass is 420 g/mol. The van der Waals surface area contributed by atoms with E-state index in [2.05, 4.69) is 15.2 Å². The first-order chi connectivity index (χ1) is 13.1. The average Bonchev–Trinajstić information content (AvgIpc) is 3.01. The molecule has 1 saturated heterocycles. The molecule has 150 valence electrons. The number of carbonyl (C=O) groups excluding carboxylic acids is 2. The van der Waals surface area contributed by atoms with Crippen molar-refractivity contribution in [1.82, 2.24) is 9.88 Å². The fraction of sp³-hybridized carbons (Fsp3) is 0.450. The van der Waals surface area contributed by atoms with Crippen molar-refractivity contribution in [3.05, 3.63) is 39.9 Å².